The maximum atomic E-state index is 12.1. The number of benzene rings is 1. The second-order valence-corrected chi connectivity index (χ2v) is 5.97. The third-order valence-electron chi connectivity index (χ3n) is 4.05. The molecule has 0 radical (unpaired) electrons. The average molecular weight is 312 g/mol. The highest BCUT2D eigenvalue weighted by Crippen LogP contribution is 2.28. The quantitative estimate of drug-likeness (QED) is 0.882. The lowest BCUT2D eigenvalue weighted by Gasteiger charge is -2.34. The zero-order valence-electron chi connectivity index (χ0n) is 13.0. The summed E-state index contributed by atoms with van der Waals surface area (Å²) in [6.07, 6.45) is 1.54. The summed E-state index contributed by atoms with van der Waals surface area (Å²) in [6, 6.07) is 12.7. The molecule has 1 aromatic carbocycles. The SMILES string of the molecule is CN(CC1CC(O)C1)c1ccc(C(=O)Nc2ccccc2)nn1. The Hall–Kier alpha value is -2.47. The number of rotatable bonds is 5. The fourth-order valence-corrected chi connectivity index (χ4v) is 2.70. The van der Waals surface area contributed by atoms with Gasteiger partial charge in [0.1, 0.15) is 0 Å². The van der Waals surface area contributed by atoms with Crippen LogP contribution in [0.25, 0.3) is 0 Å². The maximum Gasteiger partial charge on any atom is 0.276 e. The second-order valence-electron chi connectivity index (χ2n) is 5.97. The molecule has 1 aliphatic carbocycles. The molecular formula is C17H20N4O2. The summed E-state index contributed by atoms with van der Waals surface area (Å²) in [7, 11) is 1.94. The Kier molecular flexibility index (Phi) is 4.52. The largest absolute Gasteiger partial charge is 0.393 e. The molecule has 23 heavy (non-hydrogen) atoms. The van der Waals surface area contributed by atoms with Gasteiger partial charge in [0.05, 0.1) is 6.10 Å². The molecule has 0 aliphatic heterocycles. The predicted molar refractivity (Wildman–Crippen MR) is 88.4 cm³/mol. The van der Waals surface area contributed by atoms with Gasteiger partial charge in [-0.1, -0.05) is 18.2 Å². The Morgan fingerprint density at radius 3 is 2.57 bits per heavy atom. The molecular weight excluding hydrogens is 292 g/mol. The van der Waals surface area contributed by atoms with Gasteiger partial charge in [0, 0.05) is 19.3 Å². The molecule has 1 aliphatic rings. The smallest absolute Gasteiger partial charge is 0.276 e. The van der Waals surface area contributed by atoms with Crippen LogP contribution in [0.4, 0.5) is 11.5 Å². The summed E-state index contributed by atoms with van der Waals surface area (Å²) in [6.45, 7) is 0.835. The molecule has 3 rings (SSSR count). The van der Waals surface area contributed by atoms with Crippen LogP contribution in [0.5, 0.6) is 0 Å². The Morgan fingerprint density at radius 2 is 1.96 bits per heavy atom. The van der Waals surface area contributed by atoms with Gasteiger partial charge in [-0.25, -0.2) is 0 Å². The van der Waals surface area contributed by atoms with E-state index in [0.717, 1.165) is 30.9 Å². The van der Waals surface area contributed by atoms with Gasteiger partial charge in [-0.2, -0.15) is 0 Å². The number of aliphatic hydroxyl groups excluding tert-OH is 1. The van der Waals surface area contributed by atoms with Gasteiger partial charge in [0.2, 0.25) is 0 Å². The van der Waals surface area contributed by atoms with Crippen molar-refractivity contribution in [2.24, 2.45) is 5.92 Å². The van der Waals surface area contributed by atoms with E-state index in [-0.39, 0.29) is 17.7 Å². The van der Waals surface area contributed by atoms with Crippen LogP contribution in [-0.4, -0.2) is 40.9 Å². The maximum absolute atomic E-state index is 12.1. The first-order chi connectivity index (χ1) is 11.1. The van der Waals surface area contributed by atoms with Crippen LogP contribution < -0.4 is 10.2 Å². The Morgan fingerprint density at radius 1 is 1.22 bits per heavy atom. The third-order valence-corrected chi connectivity index (χ3v) is 4.05. The molecule has 120 valence electrons. The molecule has 0 atom stereocenters. The number of para-hydroxylation sites is 1. The van der Waals surface area contributed by atoms with E-state index in [9.17, 15) is 9.90 Å². The van der Waals surface area contributed by atoms with E-state index in [1.54, 1.807) is 12.1 Å². The second kappa shape index (κ2) is 6.75. The topological polar surface area (TPSA) is 78.4 Å². The highest BCUT2D eigenvalue weighted by molar-refractivity contribution is 6.02. The van der Waals surface area contributed by atoms with Crippen molar-refractivity contribution in [3.63, 3.8) is 0 Å². The lowest BCUT2D eigenvalue weighted by molar-refractivity contribution is 0.0464. The average Bonchev–Trinajstić information content (AvgIpc) is 2.54. The normalized spacial score (nSPS) is 19.7. The number of nitrogens with zero attached hydrogens (tertiary/aromatic N) is 3. The van der Waals surface area contributed by atoms with Crippen molar-refractivity contribution >= 4 is 17.4 Å². The lowest BCUT2D eigenvalue weighted by Crippen LogP contribution is -2.37. The van der Waals surface area contributed by atoms with Crippen LogP contribution in [0, 0.1) is 5.92 Å². The first-order valence-corrected chi connectivity index (χ1v) is 7.71. The van der Waals surface area contributed by atoms with Crippen molar-refractivity contribution in [3.8, 4) is 0 Å². The van der Waals surface area contributed by atoms with Crippen molar-refractivity contribution in [1.82, 2.24) is 10.2 Å². The van der Waals surface area contributed by atoms with E-state index >= 15 is 0 Å². The van der Waals surface area contributed by atoms with Crippen LogP contribution in [0.15, 0.2) is 42.5 Å². The van der Waals surface area contributed by atoms with Crippen molar-refractivity contribution in [2.75, 3.05) is 23.8 Å². The molecule has 1 aromatic heterocycles. The van der Waals surface area contributed by atoms with Crippen molar-refractivity contribution in [1.29, 1.82) is 0 Å². The summed E-state index contributed by atoms with van der Waals surface area (Å²) >= 11 is 0. The number of amides is 1. The first kappa shape index (κ1) is 15.4. The number of carbonyl (C=O) groups excluding carboxylic acids is 1. The van der Waals surface area contributed by atoms with Crippen LogP contribution in [-0.2, 0) is 0 Å². The molecule has 2 N–H and O–H groups in total. The molecule has 0 bridgehead atoms. The minimum atomic E-state index is -0.278. The molecule has 0 unspecified atom stereocenters. The van der Waals surface area contributed by atoms with E-state index in [2.05, 4.69) is 15.5 Å². The summed E-state index contributed by atoms with van der Waals surface area (Å²) in [5.41, 5.74) is 1.01. The van der Waals surface area contributed by atoms with Crippen molar-refractivity contribution in [3.05, 3.63) is 48.2 Å². The lowest BCUT2D eigenvalue weighted by atomic mass is 9.82. The predicted octanol–water partition coefficient (Wildman–Crippen LogP) is 1.94. The molecule has 1 saturated carbocycles. The number of aromatic nitrogens is 2. The summed E-state index contributed by atoms with van der Waals surface area (Å²) in [4.78, 5) is 14.1. The molecule has 1 fully saturated rings. The first-order valence-electron chi connectivity index (χ1n) is 7.71. The molecule has 6 nitrogen and oxygen atoms in total. The highest BCUT2D eigenvalue weighted by Gasteiger charge is 2.28. The summed E-state index contributed by atoms with van der Waals surface area (Å²) in [5.74, 6) is 0.945. The molecule has 0 spiro atoms. The van der Waals surface area contributed by atoms with E-state index in [1.807, 2.05) is 42.3 Å². The van der Waals surface area contributed by atoms with Gasteiger partial charge in [0.15, 0.2) is 11.5 Å². The number of hydrogen-bond donors (Lipinski definition) is 2. The standard InChI is InChI=1S/C17H20N4O2/c1-21(11-12-9-14(22)10-12)16-8-7-15(19-20-16)17(23)18-13-5-3-2-4-6-13/h2-8,12,14,22H,9-11H2,1H3,(H,18,23). The fourth-order valence-electron chi connectivity index (χ4n) is 2.70. The van der Waals surface area contributed by atoms with Gasteiger partial charge in [-0.15, -0.1) is 10.2 Å². The Labute approximate surface area is 135 Å². The van der Waals surface area contributed by atoms with Gasteiger partial charge in [0.25, 0.3) is 5.91 Å². The number of aliphatic hydroxyl groups is 1. The van der Waals surface area contributed by atoms with Gasteiger partial charge >= 0.3 is 0 Å². The zero-order valence-corrected chi connectivity index (χ0v) is 13.0. The van der Waals surface area contributed by atoms with E-state index in [4.69, 9.17) is 0 Å². The highest BCUT2D eigenvalue weighted by atomic mass is 16.3. The third kappa shape index (κ3) is 3.84. The van der Waals surface area contributed by atoms with Gasteiger partial charge in [-0.05, 0) is 43.0 Å². The van der Waals surface area contributed by atoms with E-state index in [1.165, 1.54) is 0 Å². The van der Waals surface area contributed by atoms with Gasteiger partial charge in [-0.3, -0.25) is 4.79 Å². The minimum absolute atomic E-state index is 0.149. The number of nitrogens with one attached hydrogen (secondary N) is 1. The van der Waals surface area contributed by atoms with Crippen LogP contribution in [0.1, 0.15) is 23.3 Å². The monoisotopic (exact) mass is 312 g/mol. The Bertz CT molecular complexity index is 654. The summed E-state index contributed by atoms with van der Waals surface area (Å²) in [5, 5.41) is 20.2. The molecule has 6 heteroatoms. The van der Waals surface area contributed by atoms with E-state index in [0.29, 0.717) is 5.92 Å². The molecule has 1 heterocycles. The zero-order chi connectivity index (χ0) is 16.2. The Balaban J connectivity index is 1.59. The number of carbonyl (C=O) groups is 1. The van der Waals surface area contributed by atoms with Gasteiger partial charge < -0.3 is 15.3 Å². The molecule has 1 amide bonds. The van der Waals surface area contributed by atoms with Crippen molar-refractivity contribution < 1.29 is 9.90 Å². The van der Waals surface area contributed by atoms with Crippen LogP contribution >= 0.6 is 0 Å². The van der Waals surface area contributed by atoms with Crippen LogP contribution in [0.3, 0.4) is 0 Å². The van der Waals surface area contributed by atoms with Crippen LogP contribution in [0.2, 0.25) is 0 Å². The van der Waals surface area contributed by atoms with E-state index < -0.39 is 0 Å². The molecule has 0 saturated heterocycles. The number of anilines is 2. The fraction of sp³-hybridized carbons (Fsp3) is 0.353. The minimum Gasteiger partial charge on any atom is -0.393 e. The number of hydrogen-bond acceptors (Lipinski definition) is 5. The summed E-state index contributed by atoms with van der Waals surface area (Å²) < 4.78 is 0. The van der Waals surface area contributed by atoms with Crippen molar-refractivity contribution in [2.45, 2.75) is 18.9 Å². The molecule has 2 aromatic rings.